The molecule has 0 saturated carbocycles. The van der Waals surface area contributed by atoms with Crippen molar-refractivity contribution < 1.29 is 13.5 Å². The van der Waals surface area contributed by atoms with Crippen LogP contribution in [0.1, 0.15) is 37.6 Å². The summed E-state index contributed by atoms with van der Waals surface area (Å²) in [5, 5.41) is 0. The fraction of sp³-hybridized carbons (Fsp3) is 0.269. The lowest BCUT2D eigenvalue weighted by molar-refractivity contribution is -0.0504. The molecule has 1 aromatic carbocycles. The lowest BCUT2D eigenvalue weighted by atomic mass is 9.96. The molecule has 0 bridgehead atoms. The number of hydrogen-bond donors (Lipinski definition) is 0. The van der Waals surface area contributed by atoms with Crippen molar-refractivity contribution in [3.63, 3.8) is 0 Å². The van der Waals surface area contributed by atoms with Crippen LogP contribution in [-0.2, 0) is 6.42 Å². The first-order valence-electron chi connectivity index (χ1n) is 10.3. The molecule has 0 saturated heterocycles. The van der Waals surface area contributed by atoms with Gasteiger partial charge >= 0.3 is 6.61 Å². The molecule has 3 rings (SSSR count). The number of alkyl halides is 2. The number of nitrogens with zero attached hydrogens (tertiary/aromatic N) is 2. The van der Waals surface area contributed by atoms with E-state index in [1.54, 1.807) is 12.1 Å². The Morgan fingerprint density at radius 2 is 1.87 bits per heavy atom. The monoisotopic (exact) mass is 422 g/mol. The molecule has 2 heterocycles. The maximum absolute atomic E-state index is 12.9. The largest absolute Gasteiger partial charge is 0.435 e. The number of hydrogen-bond acceptors (Lipinski definition) is 3. The SMILES string of the molecule is C=C1C=CC(c2ccc(C)nc2)=CN1/C(Cc1ccccc1OC(F)F)=C(/C)C(C)C. The molecule has 0 amide bonds. The highest BCUT2D eigenvalue weighted by Gasteiger charge is 2.21. The van der Waals surface area contributed by atoms with Crippen molar-refractivity contribution in [1.82, 2.24) is 9.88 Å². The average Bonchev–Trinajstić information content (AvgIpc) is 2.73. The number of aromatic nitrogens is 1. The highest BCUT2D eigenvalue weighted by molar-refractivity contribution is 5.76. The van der Waals surface area contributed by atoms with E-state index in [0.717, 1.165) is 33.8 Å². The van der Waals surface area contributed by atoms with Crippen LogP contribution < -0.4 is 4.74 Å². The summed E-state index contributed by atoms with van der Waals surface area (Å²) in [4.78, 5) is 6.44. The van der Waals surface area contributed by atoms with Crippen molar-refractivity contribution in [3.05, 3.63) is 101 Å². The first kappa shape index (κ1) is 22.5. The zero-order chi connectivity index (χ0) is 22.5. The molecule has 31 heavy (non-hydrogen) atoms. The highest BCUT2D eigenvalue weighted by Crippen LogP contribution is 2.33. The van der Waals surface area contributed by atoms with Crippen molar-refractivity contribution in [1.29, 1.82) is 0 Å². The van der Waals surface area contributed by atoms with Crippen LogP contribution in [0.25, 0.3) is 5.57 Å². The van der Waals surface area contributed by atoms with Crippen molar-refractivity contribution in [3.8, 4) is 5.75 Å². The molecule has 0 fully saturated rings. The van der Waals surface area contributed by atoms with E-state index in [-0.39, 0.29) is 11.7 Å². The van der Waals surface area contributed by atoms with Crippen molar-refractivity contribution in [2.75, 3.05) is 0 Å². The Bertz CT molecular complexity index is 1030. The van der Waals surface area contributed by atoms with Crippen LogP contribution in [0.3, 0.4) is 0 Å². The van der Waals surface area contributed by atoms with Gasteiger partial charge in [-0.25, -0.2) is 0 Å². The first-order chi connectivity index (χ1) is 14.8. The van der Waals surface area contributed by atoms with Crippen molar-refractivity contribution in [2.24, 2.45) is 5.92 Å². The summed E-state index contributed by atoms with van der Waals surface area (Å²) in [5.41, 5.74) is 6.62. The van der Waals surface area contributed by atoms with E-state index in [1.165, 1.54) is 0 Å². The maximum atomic E-state index is 12.9. The molecule has 0 atom stereocenters. The Morgan fingerprint density at radius 3 is 2.52 bits per heavy atom. The fourth-order valence-electron chi connectivity index (χ4n) is 3.38. The minimum atomic E-state index is -2.87. The normalized spacial score (nSPS) is 14.8. The zero-order valence-electron chi connectivity index (χ0n) is 18.4. The number of aryl methyl sites for hydroxylation is 1. The number of para-hydroxylation sites is 1. The Labute approximate surface area is 183 Å². The smallest absolute Gasteiger partial charge is 0.387 e. The quantitative estimate of drug-likeness (QED) is 0.486. The number of rotatable bonds is 7. The van der Waals surface area contributed by atoms with Crippen LogP contribution >= 0.6 is 0 Å². The van der Waals surface area contributed by atoms with E-state index in [9.17, 15) is 8.78 Å². The Balaban J connectivity index is 2.03. The summed E-state index contributed by atoms with van der Waals surface area (Å²) in [6.07, 6.45) is 8.30. The van der Waals surface area contributed by atoms with Crippen molar-refractivity contribution in [2.45, 2.75) is 40.7 Å². The second-order valence-electron chi connectivity index (χ2n) is 7.91. The summed E-state index contributed by atoms with van der Waals surface area (Å²) in [6, 6.07) is 10.9. The number of allylic oxidation sites excluding steroid dienone is 5. The molecular weight excluding hydrogens is 394 g/mol. The summed E-state index contributed by atoms with van der Waals surface area (Å²) in [6.45, 7) is 9.60. The fourth-order valence-corrected chi connectivity index (χ4v) is 3.38. The van der Waals surface area contributed by atoms with Crippen LogP contribution in [0.15, 0.2) is 84.5 Å². The van der Waals surface area contributed by atoms with Crippen LogP contribution in [0.5, 0.6) is 5.75 Å². The lowest BCUT2D eigenvalue weighted by Gasteiger charge is -2.31. The highest BCUT2D eigenvalue weighted by atomic mass is 19.3. The minimum absolute atomic E-state index is 0.191. The molecule has 162 valence electrons. The van der Waals surface area contributed by atoms with Gasteiger partial charge in [-0.05, 0) is 43.5 Å². The summed E-state index contributed by atoms with van der Waals surface area (Å²) in [5.74, 6) is 0.464. The van der Waals surface area contributed by atoms with Gasteiger partial charge in [0.05, 0.1) is 0 Å². The summed E-state index contributed by atoms with van der Waals surface area (Å²) < 4.78 is 30.6. The summed E-state index contributed by atoms with van der Waals surface area (Å²) >= 11 is 0. The topological polar surface area (TPSA) is 25.4 Å². The second-order valence-corrected chi connectivity index (χ2v) is 7.91. The third-order valence-electron chi connectivity index (χ3n) is 5.44. The number of pyridine rings is 1. The molecular formula is C26H28F2N2O. The second kappa shape index (κ2) is 9.73. The predicted molar refractivity (Wildman–Crippen MR) is 121 cm³/mol. The van der Waals surface area contributed by atoms with Gasteiger partial charge in [-0.1, -0.05) is 56.3 Å². The van der Waals surface area contributed by atoms with Crippen molar-refractivity contribution >= 4 is 5.57 Å². The molecule has 2 aromatic rings. The van der Waals surface area contributed by atoms with Gasteiger partial charge in [0.1, 0.15) is 5.75 Å². The third kappa shape index (κ3) is 5.48. The molecule has 5 heteroatoms. The van der Waals surface area contributed by atoms with E-state index in [0.29, 0.717) is 12.0 Å². The van der Waals surface area contributed by atoms with Gasteiger partial charge in [0.15, 0.2) is 0 Å². The van der Waals surface area contributed by atoms with Crippen LogP contribution in [0, 0.1) is 12.8 Å². The molecule has 0 spiro atoms. The van der Waals surface area contributed by atoms with E-state index in [2.05, 4.69) is 32.3 Å². The zero-order valence-corrected chi connectivity index (χ0v) is 18.4. The van der Waals surface area contributed by atoms with Crippen LogP contribution in [0.2, 0.25) is 0 Å². The first-order valence-corrected chi connectivity index (χ1v) is 10.3. The van der Waals surface area contributed by atoms with Gasteiger partial charge in [0, 0.05) is 47.0 Å². The average molecular weight is 423 g/mol. The van der Waals surface area contributed by atoms with E-state index in [1.807, 2.05) is 60.6 Å². The van der Waals surface area contributed by atoms with Gasteiger partial charge in [-0.2, -0.15) is 8.78 Å². The predicted octanol–water partition coefficient (Wildman–Crippen LogP) is 6.89. The number of benzene rings is 1. The molecule has 1 aliphatic heterocycles. The number of halogens is 2. The molecule has 0 N–H and O–H groups in total. The van der Waals surface area contributed by atoms with E-state index in [4.69, 9.17) is 4.74 Å². The van der Waals surface area contributed by atoms with Gasteiger partial charge in [0.25, 0.3) is 0 Å². The lowest BCUT2D eigenvalue weighted by Crippen LogP contribution is -2.22. The number of ether oxygens (including phenoxy) is 1. The molecule has 0 unspecified atom stereocenters. The maximum Gasteiger partial charge on any atom is 0.387 e. The minimum Gasteiger partial charge on any atom is -0.435 e. The standard InChI is InChI=1S/C26H28F2N2O/c1-17(2)20(5)24(14-21-8-6-7-9-25(21)31-26(27)28)30-16-23(13-11-19(30)4)22-12-10-18(3)29-15-22/h6-13,15-17,26H,4,14H2,1-3,5H3/b24-20-. The molecule has 1 aliphatic rings. The van der Waals surface area contributed by atoms with Crippen LogP contribution in [0.4, 0.5) is 8.78 Å². The summed E-state index contributed by atoms with van der Waals surface area (Å²) in [7, 11) is 0. The Hall–Kier alpha value is -3.21. The van der Waals surface area contributed by atoms with Gasteiger partial charge in [0.2, 0.25) is 0 Å². The van der Waals surface area contributed by atoms with Gasteiger partial charge in [-0.15, -0.1) is 0 Å². The van der Waals surface area contributed by atoms with Crippen LogP contribution in [-0.4, -0.2) is 16.5 Å². The van der Waals surface area contributed by atoms with E-state index < -0.39 is 6.61 Å². The van der Waals surface area contributed by atoms with E-state index >= 15 is 0 Å². The molecule has 3 nitrogen and oxygen atoms in total. The molecule has 0 radical (unpaired) electrons. The van der Waals surface area contributed by atoms with Gasteiger partial charge < -0.3 is 9.64 Å². The molecule has 0 aliphatic carbocycles. The molecule has 1 aromatic heterocycles. The Morgan fingerprint density at radius 1 is 1.13 bits per heavy atom. The van der Waals surface area contributed by atoms with Gasteiger partial charge in [-0.3, -0.25) is 4.98 Å². The Kier molecular flexibility index (Phi) is 7.06. The third-order valence-corrected chi connectivity index (χ3v) is 5.44.